The number of nitrogens with one attached hydrogen (secondary N) is 1. The highest BCUT2D eigenvalue weighted by molar-refractivity contribution is 9.11. The Morgan fingerprint density at radius 1 is 0.861 bits per heavy atom. The number of benzene rings is 4. The molecule has 0 saturated carbocycles. The lowest BCUT2D eigenvalue weighted by Crippen LogP contribution is -2.17. The molecular weight excluding hydrogens is 588 g/mol. The summed E-state index contributed by atoms with van der Waals surface area (Å²) in [6.07, 6.45) is 1.57. The number of carbonyl (C=O) groups excluding carboxylic acids is 1. The minimum absolute atomic E-state index is 0.330. The second-order valence-electron chi connectivity index (χ2n) is 7.59. The third kappa shape index (κ3) is 6.96. The molecule has 0 aliphatic rings. The van der Waals surface area contributed by atoms with Crippen LogP contribution < -0.4 is 19.6 Å². The number of rotatable bonds is 9. The molecule has 0 aliphatic heterocycles. The van der Waals surface area contributed by atoms with Gasteiger partial charge in [-0.3, -0.25) is 4.79 Å². The van der Waals surface area contributed by atoms with Gasteiger partial charge in [0.2, 0.25) is 0 Å². The maximum Gasteiger partial charge on any atom is 0.271 e. The van der Waals surface area contributed by atoms with Crippen molar-refractivity contribution in [1.29, 1.82) is 0 Å². The maximum atomic E-state index is 12.5. The summed E-state index contributed by atoms with van der Waals surface area (Å²) in [5.41, 5.74) is 4.86. The molecule has 0 radical (unpaired) electrons. The molecule has 8 heteroatoms. The SMILES string of the molecule is COc1ccc(Oc2ccc(C(=O)N/N=C\c3cc(Br)c(OCc4ccccc4)c(Br)c3)cc2)cc1. The van der Waals surface area contributed by atoms with E-state index in [1.54, 1.807) is 37.6 Å². The van der Waals surface area contributed by atoms with Crippen LogP contribution in [0.5, 0.6) is 23.0 Å². The van der Waals surface area contributed by atoms with Crippen molar-refractivity contribution in [1.82, 2.24) is 5.43 Å². The van der Waals surface area contributed by atoms with Crippen molar-refractivity contribution in [3.05, 3.63) is 117 Å². The Balaban J connectivity index is 1.32. The van der Waals surface area contributed by atoms with E-state index >= 15 is 0 Å². The number of methoxy groups -OCH3 is 1. The van der Waals surface area contributed by atoms with Gasteiger partial charge in [-0.25, -0.2) is 5.43 Å². The van der Waals surface area contributed by atoms with Crippen molar-refractivity contribution >= 4 is 44.0 Å². The first kappa shape index (κ1) is 25.5. The van der Waals surface area contributed by atoms with Gasteiger partial charge in [0.05, 0.1) is 22.3 Å². The van der Waals surface area contributed by atoms with Crippen LogP contribution in [0.1, 0.15) is 21.5 Å². The van der Waals surface area contributed by atoms with Gasteiger partial charge in [0.1, 0.15) is 29.6 Å². The number of carbonyl (C=O) groups is 1. The average Bonchev–Trinajstić information content (AvgIpc) is 2.89. The zero-order valence-corrected chi connectivity index (χ0v) is 22.5. The molecule has 0 saturated heterocycles. The van der Waals surface area contributed by atoms with E-state index in [0.29, 0.717) is 29.4 Å². The van der Waals surface area contributed by atoms with Crippen molar-refractivity contribution in [2.75, 3.05) is 7.11 Å². The highest BCUT2D eigenvalue weighted by atomic mass is 79.9. The highest BCUT2D eigenvalue weighted by Gasteiger charge is 2.10. The van der Waals surface area contributed by atoms with Gasteiger partial charge >= 0.3 is 0 Å². The summed E-state index contributed by atoms with van der Waals surface area (Å²) in [4.78, 5) is 12.5. The van der Waals surface area contributed by atoms with Gasteiger partial charge in [-0.15, -0.1) is 0 Å². The Morgan fingerprint density at radius 3 is 2.06 bits per heavy atom. The summed E-state index contributed by atoms with van der Waals surface area (Å²) in [6.45, 7) is 0.450. The van der Waals surface area contributed by atoms with Crippen LogP contribution in [-0.2, 0) is 6.61 Å². The van der Waals surface area contributed by atoms with Crippen LogP contribution >= 0.6 is 31.9 Å². The van der Waals surface area contributed by atoms with E-state index in [1.807, 2.05) is 66.7 Å². The summed E-state index contributed by atoms with van der Waals surface area (Å²) in [7, 11) is 1.61. The van der Waals surface area contributed by atoms with Gasteiger partial charge < -0.3 is 14.2 Å². The molecule has 36 heavy (non-hydrogen) atoms. The van der Waals surface area contributed by atoms with Gasteiger partial charge in [-0.2, -0.15) is 5.10 Å². The number of amides is 1. The predicted molar refractivity (Wildman–Crippen MR) is 147 cm³/mol. The van der Waals surface area contributed by atoms with E-state index in [0.717, 1.165) is 25.8 Å². The summed E-state index contributed by atoms with van der Waals surface area (Å²) in [5.74, 6) is 2.40. The van der Waals surface area contributed by atoms with Crippen molar-refractivity contribution in [3.63, 3.8) is 0 Å². The highest BCUT2D eigenvalue weighted by Crippen LogP contribution is 2.35. The zero-order valence-electron chi connectivity index (χ0n) is 19.3. The lowest BCUT2D eigenvalue weighted by molar-refractivity contribution is 0.0955. The molecule has 0 heterocycles. The molecule has 0 unspecified atom stereocenters. The fourth-order valence-electron chi connectivity index (χ4n) is 3.21. The number of ether oxygens (including phenoxy) is 3. The lowest BCUT2D eigenvalue weighted by Gasteiger charge is -2.11. The number of nitrogens with zero attached hydrogens (tertiary/aromatic N) is 1. The van der Waals surface area contributed by atoms with Crippen LogP contribution in [0.25, 0.3) is 0 Å². The van der Waals surface area contributed by atoms with E-state index < -0.39 is 0 Å². The summed E-state index contributed by atoms with van der Waals surface area (Å²) >= 11 is 7.09. The third-order valence-corrected chi connectivity index (χ3v) is 6.22. The van der Waals surface area contributed by atoms with E-state index in [-0.39, 0.29) is 5.91 Å². The third-order valence-electron chi connectivity index (χ3n) is 5.04. The van der Waals surface area contributed by atoms with Gasteiger partial charge in [0, 0.05) is 5.56 Å². The smallest absolute Gasteiger partial charge is 0.271 e. The molecule has 182 valence electrons. The fourth-order valence-corrected chi connectivity index (χ4v) is 4.66. The maximum absolute atomic E-state index is 12.5. The van der Waals surface area contributed by atoms with E-state index in [4.69, 9.17) is 14.2 Å². The van der Waals surface area contributed by atoms with Gasteiger partial charge in [-0.1, -0.05) is 30.3 Å². The Hall–Kier alpha value is -3.62. The molecule has 0 aromatic heterocycles. The van der Waals surface area contributed by atoms with Crippen LogP contribution in [0.2, 0.25) is 0 Å². The summed E-state index contributed by atoms with van der Waals surface area (Å²) in [5, 5.41) is 4.08. The zero-order chi connectivity index (χ0) is 25.3. The van der Waals surface area contributed by atoms with Crippen molar-refractivity contribution in [2.24, 2.45) is 5.10 Å². The molecule has 1 N–H and O–H groups in total. The van der Waals surface area contributed by atoms with Gasteiger partial charge in [-0.05, 0) is 104 Å². The van der Waals surface area contributed by atoms with Crippen LogP contribution in [-0.4, -0.2) is 19.2 Å². The topological polar surface area (TPSA) is 69.2 Å². The second-order valence-corrected chi connectivity index (χ2v) is 9.30. The van der Waals surface area contributed by atoms with Gasteiger partial charge in [0.25, 0.3) is 5.91 Å². The molecule has 1 amide bonds. The Bertz CT molecular complexity index is 1320. The van der Waals surface area contributed by atoms with Crippen LogP contribution in [0.3, 0.4) is 0 Å². The molecule has 0 fully saturated rings. The minimum Gasteiger partial charge on any atom is -0.497 e. The molecular formula is C28H22Br2N2O4. The quantitative estimate of drug-likeness (QED) is 0.159. The van der Waals surface area contributed by atoms with Crippen LogP contribution in [0, 0.1) is 0 Å². The molecule has 0 atom stereocenters. The number of hydrazone groups is 1. The Morgan fingerprint density at radius 2 is 1.44 bits per heavy atom. The standard InChI is InChI=1S/C28H22Br2N2O4/c1-34-22-11-13-24(14-12-22)36-23-9-7-21(8-10-23)28(33)32-31-17-20-15-25(29)27(26(30)16-20)35-18-19-5-3-2-4-6-19/h2-17H,18H2,1H3,(H,32,33)/b31-17-. The first-order valence-electron chi connectivity index (χ1n) is 10.9. The average molecular weight is 610 g/mol. The van der Waals surface area contributed by atoms with Crippen molar-refractivity contribution < 1.29 is 19.0 Å². The number of hydrogen-bond donors (Lipinski definition) is 1. The molecule has 0 spiro atoms. The summed E-state index contributed by atoms with van der Waals surface area (Å²) < 4.78 is 18.4. The first-order chi connectivity index (χ1) is 17.5. The van der Waals surface area contributed by atoms with E-state index in [9.17, 15) is 4.79 Å². The molecule has 0 bridgehead atoms. The largest absolute Gasteiger partial charge is 0.497 e. The van der Waals surface area contributed by atoms with Crippen LogP contribution in [0.4, 0.5) is 0 Å². The monoisotopic (exact) mass is 608 g/mol. The summed E-state index contributed by atoms with van der Waals surface area (Å²) in [6, 6.07) is 27.7. The predicted octanol–water partition coefficient (Wildman–Crippen LogP) is 7.36. The molecule has 0 aliphatic carbocycles. The first-order valence-corrected chi connectivity index (χ1v) is 12.5. The minimum atomic E-state index is -0.330. The Labute approximate surface area is 226 Å². The molecule has 6 nitrogen and oxygen atoms in total. The Kier molecular flexibility index (Phi) is 8.76. The van der Waals surface area contributed by atoms with Gasteiger partial charge in [0.15, 0.2) is 0 Å². The van der Waals surface area contributed by atoms with Crippen LogP contribution in [0.15, 0.2) is 105 Å². The lowest BCUT2D eigenvalue weighted by atomic mass is 10.2. The molecule has 4 rings (SSSR count). The number of halogens is 2. The fraction of sp³-hybridized carbons (Fsp3) is 0.0714. The number of hydrogen-bond acceptors (Lipinski definition) is 5. The van der Waals surface area contributed by atoms with E-state index in [1.165, 1.54) is 0 Å². The normalized spacial score (nSPS) is 10.8. The van der Waals surface area contributed by atoms with E-state index in [2.05, 4.69) is 42.4 Å². The second kappa shape index (κ2) is 12.4. The molecule has 4 aromatic rings. The molecule has 4 aromatic carbocycles. The van der Waals surface area contributed by atoms with Crippen molar-refractivity contribution in [3.8, 4) is 23.0 Å². The van der Waals surface area contributed by atoms with Crippen molar-refractivity contribution in [2.45, 2.75) is 6.61 Å².